The van der Waals surface area contributed by atoms with Crippen molar-refractivity contribution in [3.8, 4) is 23.0 Å². The molecular weight excluding hydrogens is 284 g/mol. The second-order valence-corrected chi connectivity index (χ2v) is 4.59. The number of rotatable bonds is 7. The van der Waals surface area contributed by atoms with Crippen LogP contribution in [0.1, 0.15) is 5.56 Å². The molecule has 0 aliphatic heterocycles. The second-order valence-electron chi connectivity index (χ2n) is 4.59. The number of hydrogen-bond acceptors (Lipinski definition) is 5. The summed E-state index contributed by atoms with van der Waals surface area (Å²) in [5, 5.41) is 11.0. The maximum absolute atomic E-state index is 9.47. The molecule has 0 saturated heterocycles. The molecule has 0 aliphatic rings. The summed E-state index contributed by atoms with van der Waals surface area (Å²) >= 11 is 0. The first-order valence-electron chi connectivity index (χ1n) is 6.80. The topological polar surface area (TPSA) is 57.2 Å². The minimum absolute atomic E-state index is 0.0993. The summed E-state index contributed by atoms with van der Waals surface area (Å²) in [6, 6.07) is 5.36. The lowest BCUT2D eigenvalue weighted by atomic mass is 10.0. The molecule has 0 amide bonds. The molecule has 22 heavy (non-hydrogen) atoms. The van der Waals surface area contributed by atoms with E-state index in [1.165, 1.54) is 0 Å². The van der Waals surface area contributed by atoms with Crippen molar-refractivity contribution in [2.24, 2.45) is 0 Å². The molecular formula is C17H20O5. The van der Waals surface area contributed by atoms with Crippen molar-refractivity contribution in [2.75, 3.05) is 27.9 Å². The summed E-state index contributed by atoms with van der Waals surface area (Å²) in [6.45, 7) is 3.89. The first-order chi connectivity index (χ1) is 10.7. The van der Waals surface area contributed by atoms with Gasteiger partial charge in [-0.05, 0) is 17.7 Å². The summed E-state index contributed by atoms with van der Waals surface area (Å²) in [5.41, 5.74) is 0.720. The van der Waals surface area contributed by atoms with Crippen LogP contribution in [-0.2, 0) is 6.61 Å². The van der Waals surface area contributed by atoms with E-state index in [9.17, 15) is 5.11 Å². The van der Waals surface area contributed by atoms with Crippen molar-refractivity contribution >= 4 is 10.8 Å². The van der Waals surface area contributed by atoms with Crippen LogP contribution in [0.2, 0.25) is 0 Å². The molecule has 0 unspecified atom stereocenters. The Bertz CT molecular complexity index is 679. The Hall–Kier alpha value is -2.40. The zero-order chi connectivity index (χ0) is 16.1. The van der Waals surface area contributed by atoms with Gasteiger partial charge in [-0.1, -0.05) is 12.7 Å². The van der Waals surface area contributed by atoms with E-state index in [2.05, 4.69) is 6.58 Å². The number of aliphatic hydroxyl groups is 1. The van der Waals surface area contributed by atoms with Crippen LogP contribution in [-0.4, -0.2) is 33.0 Å². The molecule has 2 aromatic carbocycles. The number of hydrogen-bond donors (Lipinski definition) is 1. The number of methoxy groups -OCH3 is 3. The molecule has 118 valence electrons. The van der Waals surface area contributed by atoms with Gasteiger partial charge in [-0.25, -0.2) is 0 Å². The van der Waals surface area contributed by atoms with Gasteiger partial charge in [-0.3, -0.25) is 0 Å². The Morgan fingerprint density at radius 2 is 1.73 bits per heavy atom. The quantitative estimate of drug-likeness (QED) is 0.797. The molecule has 1 N–H and O–H groups in total. The Morgan fingerprint density at radius 1 is 1.00 bits per heavy atom. The van der Waals surface area contributed by atoms with Crippen molar-refractivity contribution in [1.29, 1.82) is 0 Å². The molecule has 0 bridgehead atoms. The van der Waals surface area contributed by atoms with Crippen LogP contribution in [0, 0.1) is 0 Å². The SMILES string of the molecule is C=CCOc1cc(CO)cc2c(OC)cc(OC)c(OC)c12. The van der Waals surface area contributed by atoms with Gasteiger partial charge in [0, 0.05) is 11.5 Å². The van der Waals surface area contributed by atoms with E-state index >= 15 is 0 Å². The van der Waals surface area contributed by atoms with Crippen LogP contribution in [0.3, 0.4) is 0 Å². The van der Waals surface area contributed by atoms with Crippen molar-refractivity contribution < 1.29 is 24.1 Å². The lowest BCUT2D eigenvalue weighted by Gasteiger charge is -2.18. The zero-order valence-corrected chi connectivity index (χ0v) is 13.0. The monoisotopic (exact) mass is 304 g/mol. The third-order valence-corrected chi connectivity index (χ3v) is 3.32. The highest BCUT2D eigenvalue weighted by atomic mass is 16.5. The third-order valence-electron chi connectivity index (χ3n) is 3.32. The maximum Gasteiger partial charge on any atom is 0.172 e. The smallest absolute Gasteiger partial charge is 0.172 e. The van der Waals surface area contributed by atoms with Crippen molar-refractivity contribution in [3.05, 3.63) is 36.4 Å². The molecule has 0 spiro atoms. The predicted octanol–water partition coefficient (Wildman–Crippen LogP) is 2.92. The molecule has 0 fully saturated rings. The normalized spacial score (nSPS) is 10.4. The summed E-state index contributed by atoms with van der Waals surface area (Å²) in [7, 11) is 4.72. The Balaban J connectivity index is 2.85. The molecule has 0 saturated carbocycles. The number of ether oxygens (including phenoxy) is 4. The standard InChI is InChI=1S/C17H20O5/c1-5-6-22-14-8-11(10-18)7-12-13(19-2)9-15(20-3)17(21-4)16(12)14/h5,7-9,18H,1,6,10H2,2-4H3. The van der Waals surface area contributed by atoms with Gasteiger partial charge in [0.05, 0.1) is 33.3 Å². The molecule has 0 heterocycles. The summed E-state index contributed by atoms with van der Waals surface area (Å²) in [5.74, 6) is 2.30. The Kier molecular flexibility index (Phi) is 5.12. The van der Waals surface area contributed by atoms with Crippen LogP contribution in [0.5, 0.6) is 23.0 Å². The molecule has 5 nitrogen and oxygen atoms in total. The third kappa shape index (κ3) is 2.80. The van der Waals surface area contributed by atoms with Crippen LogP contribution in [0.4, 0.5) is 0 Å². The fourth-order valence-electron chi connectivity index (χ4n) is 2.36. The van der Waals surface area contributed by atoms with Crippen LogP contribution in [0.25, 0.3) is 10.8 Å². The Labute approximate surface area is 129 Å². The van der Waals surface area contributed by atoms with Crippen LogP contribution < -0.4 is 18.9 Å². The largest absolute Gasteiger partial charge is 0.496 e. The van der Waals surface area contributed by atoms with Gasteiger partial charge in [-0.15, -0.1) is 0 Å². The molecule has 0 atom stereocenters. The van der Waals surface area contributed by atoms with Gasteiger partial charge in [0.1, 0.15) is 18.1 Å². The summed E-state index contributed by atoms with van der Waals surface area (Å²) < 4.78 is 22.0. The zero-order valence-electron chi connectivity index (χ0n) is 13.0. The van der Waals surface area contributed by atoms with Crippen molar-refractivity contribution in [2.45, 2.75) is 6.61 Å². The van der Waals surface area contributed by atoms with Gasteiger partial charge in [-0.2, -0.15) is 0 Å². The van der Waals surface area contributed by atoms with Gasteiger partial charge in [0.25, 0.3) is 0 Å². The van der Waals surface area contributed by atoms with E-state index in [0.717, 1.165) is 16.3 Å². The highest BCUT2D eigenvalue weighted by Gasteiger charge is 2.19. The van der Waals surface area contributed by atoms with Crippen molar-refractivity contribution in [3.63, 3.8) is 0 Å². The van der Waals surface area contributed by atoms with Crippen LogP contribution in [0.15, 0.2) is 30.9 Å². The first kappa shape index (κ1) is 16.0. The molecule has 0 radical (unpaired) electrons. The minimum atomic E-state index is -0.0993. The van der Waals surface area contributed by atoms with Gasteiger partial charge in [0.15, 0.2) is 11.5 Å². The van der Waals surface area contributed by atoms with Crippen molar-refractivity contribution in [1.82, 2.24) is 0 Å². The van der Waals surface area contributed by atoms with Crippen LogP contribution >= 0.6 is 0 Å². The van der Waals surface area contributed by atoms with E-state index < -0.39 is 0 Å². The average molecular weight is 304 g/mol. The fraction of sp³-hybridized carbons (Fsp3) is 0.294. The van der Waals surface area contributed by atoms with Gasteiger partial charge in [0.2, 0.25) is 0 Å². The maximum atomic E-state index is 9.47. The average Bonchev–Trinajstić information content (AvgIpc) is 2.57. The molecule has 2 aromatic rings. The Morgan fingerprint density at radius 3 is 2.27 bits per heavy atom. The fourth-order valence-corrected chi connectivity index (χ4v) is 2.36. The van der Waals surface area contributed by atoms with E-state index in [1.54, 1.807) is 39.5 Å². The summed E-state index contributed by atoms with van der Waals surface area (Å²) in [6.07, 6.45) is 1.65. The summed E-state index contributed by atoms with van der Waals surface area (Å²) in [4.78, 5) is 0. The second kappa shape index (κ2) is 7.04. The van der Waals surface area contributed by atoms with E-state index in [1.807, 2.05) is 6.07 Å². The van der Waals surface area contributed by atoms with Gasteiger partial charge >= 0.3 is 0 Å². The first-order valence-corrected chi connectivity index (χ1v) is 6.80. The lowest BCUT2D eigenvalue weighted by Crippen LogP contribution is -2.00. The van der Waals surface area contributed by atoms with Gasteiger partial charge < -0.3 is 24.1 Å². The molecule has 2 rings (SSSR count). The van der Waals surface area contributed by atoms with E-state index in [0.29, 0.717) is 29.6 Å². The van der Waals surface area contributed by atoms with E-state index in [4.69, 9.17) is 18.9 Å². The molecule has 0 aliphatic carbocycles. The number of fused-ring (bicyclic) bond motifs is 1. The molecule has 5 heteroatoms. The molecule has 0 aromatic heterocycles. The lowest BCUT2D eigenvalue weighted by molar-refractivity contribution is 0.280. The number of benzene rings is 2. The predicted molar refractivity (Wildman–Crippen MR) is 85.2 cm³/mol. The highest BCUT2D eigenvalue weighted by Crippen LogP contribution is 2.46. The van der Waals surface area contributed by atoms with E-state index in [-0.39, 0.29) is 6.61 Å². The number of aliphatic hydroxyl groups excluding tert-OH is 1. The highest BCUT2D eigenvalue weighted by molar-refractivity contribution is 6.00. The minimum Gasteiger partial charge on any atom is -0.496 e.